The highest BCUT2D eigenvalue weighted by atomic mass is 16.2. The molecule has 0 fully saturated rings. The van der Waals surface area contributed by atoms with Crippen LogP contribution in [0.2, 0.25) is 0 Å². The summed E-state index contributed by atoms with van der Waals surface area (Å²) in [4.78, 5) is 13.7. The van der Waals surface area contributed by atoms with Crippen LogP contribution in [0.15, 0.2) is 30.3 Å². The van der Waals surface area contributed by atoms with Gasteiger partial charge in [0.2, 0.25) is 5.91 Å². The second-order valence-electron chi connectivity index (χ2n) is 4.23. The molecule has 1 aromatic rings. The fourth-order valence-corrected chi connectivity index (χ4v) is 1.89. The summed E-state index contributed by atoms with van der Waals surface area (Å²) in [6.07, 6.45) is 2.10. The normalized spacial score (nSPS) is 12.2. The number of amides is 1. The van der Waals surface area contributed by atoms with Gasteiger partial charge in [0.15, 0.2) is 0 Å². The number of hydrogen-bond donors (Lipinski definition) is 1. The summed E-state index contributed by atoms with van der Waals surface area (Å²) >= 11 is 0. The molecule has 0 saturated carbocycles. The van der Waals surface area contributed by atoms with Crippen LogP contribution in [0, 0.1) is 0 Å². The van der Waals surface area contributed by atoms with Gasteiger partial charge in [0.25, 0.3) is 0 Å². The van der Waals surface area contributed by atoms with E-state index in [9.17, 15) is 4.79 Å². The highest BCUT2D eigenvalue weighted by Gasteiger charge is 2.19. The molecule has 94 valence electrons. The average molecular weight is 234 g/mol. The van der Waals surface area contributed by atoms with Crippen LogP contribution < -0.4 is 5.73 Å². The predicted molar refractivity (Wildman–Crippen MR) is 70.5 cm³/mol. The van der Waals surface area contributed by atoms with Crippen LogP contribution in [0.25, 0.3) is 0 Å². The minimum absolute atomic E-state index is 0.0230. The monoisotopic (exact) mass is 234 g/mol. The van der Waals surface area contributed by atoms with Crippen LogP contribution in [0.1, 0.15) is 38.3 Å². The van der Waals surface area contributed by atoms with Crippen molar-refractivity contribution in [2.24, 2.45) is 5.73 Å². The minimum Gasteiger partial charge on any atom is -0.335 e. The number of hydrogen-bond acceptors (Lipinski definition) is 2. The lowest BCUT2D eigenvalue weighted by molar-refractivity contribution is -0.131. The number of carbonyl (C=O) groups excluding carboxylic acids is 1. The zero-order valence-corrected chi connectivity index (χ0v) is 10.7. The van der Waals surface area contributed by atoms with Crippen molar-refractivity contribution in [3.63, 3.8) is 0 Å². The van der Waals surface area contributed by atoms with E-state index in [0.29, 0.717) is 0 Å². The zero-order valence-electron chi connectivity index (χ0n) is 10.7. The Labute approximate surface area is 104 Å². The molecule has 2 N–H and O–H groups in total. The summed E-state index contributed by atoms with van der Waals surface area (Å²) in [6.45, 7) is 5.04. The quantitative estimate of drug-likeness (QED) is 0.821. The molecule has 0 radical (unpaired) electrons. The van der Waals surface area contributed by atoms with Crippen LogP contribution in [-0.4, -0.2) is 23.9 Å². The Hall–Kier alpha value is -1.35. The topological polar surface area (TPSA) is 46.3 Å². The molecule has 0 spiro atoms. The average Bonchev–Trinajstić information content (AvgIpc) is 2.39. The number of unbranched alkanes of at least 4 members (excludes halogenated alkanes) is 1. The van der Waals surface area contributed by atoms with Gasteiger partial charge in [-0.05, 0) is 18.9 Å². The molecule has 1 rings (SSSR count). The fourth-order valence-electron chi connectivity index (χ4n) is 1.89. The van der Waals surface area contributed by atoms with E-state index < -0.39 is 0 Å². The van der Waals surface area contributed by atoms with Gasteiger partial charge in [0.05, 0.1) is 12.6 Å². The first-order chi connectivity index (χ1) is 8.20. The molecule has 0 saturated heterocycles. The maximum Gasteiger partial charge on any atom is 0.236 e. The molecule has 0 heterocycles. The van der Waals surface area contributed by atoms with E-state index >= 15 is 0 Å². The Bertz CT molecular complexity index is 337. The van der Waals surface area contributed by atoms with Crippen LogP contribution in [-0.2, 0) is 4.79 Å². The van der Waals surface area contributed by atoms with Gasteiger partial charge in [-0.15, -0.1) is 0 Å². The molecule has 3 nitrogen and oxygen atoms in total. The van der Waals surface area contributed by atoms with Gasteiger partial charge in [-0.3, -0.25) is 4.79 Å². The number of rotatable bonds is 6. The first kappa shape index (κ1) is 13.7. The third-order valence-electron chi connectivity index (χ3n) is 3.00. The van der Waals surface area contributed by atoms with Gasteiger partial charge in [-0.1, -0.05) is 43.7 Å². The lowest BCUT2D eigenvalue weighted by atomic mass is 10.1. The van der Waals surface area contributed by atoms with Gasteiger partial charge >= 0.3 is 0 Å². The van der Waals surface area contributed by atoms with Crippen LogP contribution in [0.3, 0.4) is 0 Å². The first-order valence-electron chi connectivity index (χ1n) is 6.25. The maximum atomic E-state index is 11.8. The van der Waals surface area contributed by atoms with E-state index in [1.807, 2.05) is 35.2 Å². The molecule has 0 aliphatic heterocycles. The molecule has 3 heteroatoms. The molecule has 1 amide bonds. The molecule has 17 heavy (non-hydrogen) atoms. The van der Waals surface area contributed by atoms with Crippen molar-refractivity contribution in [3.8, 4) is 0 Å². The van der Waals surface area contributed by atoms with Gasteiger partial charge in [-0.25, -0.2) is 0 Å². The Kier molecular flexibility index (Phi) is 5.70. The summed E-state index contributed by atoms with van der Waals surface area (Å²) in [7, 11) is 0. The molecule has 0 aromatic heterocycles. The molecule has 1 atom stereocenters. The molecule has 0 unspecified atom stereocenters. The van der Waals surface area contributed by atoms with Crippen LogP contribution in [0.4, 0.5) is 0 Å². The Morgan fingerprint density at radius 1 is 1.35 bits per heavy atom. The lowest BCUT2D eigenvalue weighted by Gasteiger charge is -2.29. The second kappa shape index (κ2) is 7.07. The van der Waals surface area contributed by atoms with Gasteiger partial charge in [0.1, 0.15) is 0 Å². The fraction of sp³-hybridized carbons (Fsp3) is 0.500. The van der Waals surface area contributed by atoms with E-state index in [1.54, 1.807) is 0 Å². The van der Waals surface area contributed by atoms with Gasteiger partial charge < -0.3 is 10.6 Å². The summed E-state index contributed by atoms with van der Waals surface area (Å²) in [6, 6.07) is 10.2. The Morgan fingerprint density at radius 2 is 2.00 bits per heavy atom. The SMILES string of the molecule is CCCCN(C(=O)CN)[C@@H](C)c1ccccc1. The number of benzene rings is 1. The molecule has 0 aliphatic rings. The number of nitrogens with two attached hydrogens (primary N) is 1. The maximum absolute atomic E-state index is 11.8. The van der Waals surface area contributed by atoms with Crippen molar-refractivity contribution in [2.75, 3.05) is 13.1 Å². The first-order valence-corrected chi connectivity index (χ1v) is 6.25. The largest absolute Gasteiger partial charge is 0.335 e. The van der Waals surface area contributed by atoms with E-state index in [0.717, 1.165) is 24.9 Å². The molecule has 0 aliphatic carbocycles. The Balaban J connectivity index is 2.78. The van der Waals surface area contributed by atoms with Crippen molar-refractivity contribution < 1.29 is 4.79 Å². The third-order valence-corrected chi connectivity index (χ3v) is 3.00. The Morgan fingerprint density at radius 3 is 2.53 bits per heavy atom. The standard InChI is InChI=1S/C14H22N2O/c1-3-4-10-16(14(17)11-15)12(2)13-8-6-5-7-9-13/h5-9,12H,3-4,10-11,15H2,1-2H3/t12-/m0/s1. The second-order valence-corrected chi connectivity index (χ2v) is 4.23. The zero-order chi connectivity index (χ0) is 12.7. The highest BCUT2D eigenvalue weighted by Crippen LogP contribution is 2.20. The van der Waals surface area contributed by atoms with Crippen molar-refractivity contribution >= 4 is 5.91 Å². The predicted octanol–water partition coefficient (Wildman–Crippen LogP) is 2.34. The number of nitrogens with zero attached hydrogens (tertiary/aromatic N) is 1. The van der Waals surface area contributed by atoms with E-state index in [1.165, 1.54) is 0 Å². The van der Waals surface area contributed by atoms with Gasteiger partial charge in [-0.2, -0.15) is 0 Å². The molecule has 1 aromatic carbocycles. The third kappa shape index (κ3) is 3.86. The van der Waals surface area contributed by atoms with Crippen LogP contribution in [0.5, 0.6) is 0 Å². The van der Waals surface area contributed by atoms with E-state index in [-0.39, 0.29) is 18.5 Å². The van der Waals surface area contributed by atoms with E-state index in [2.05, 4.69) is 13.8 Å². The van der Waals surface area contributed by atoms with E-state index in [4.69, 9.17) is 5.73 Å². The van der Waals surface area contributed by atoms with Crippen molar-refractivity contribution in [2.45, 2.75) is 32.7 Å². The lowest BCUT2D eigenvalue weighted by Crippen LogP contribution is -2.38. The van der Waals surface area contributed by atoms with Crippen molar-refractivity contribution in [1.82, 2.24) is 4.90 Å². The summed E-state index contributed by atoms with van der Waals surface area (Å²) in [5.41, 5.74) is 6.63. The number of carbonyl (C=O) groups is 1. The van der Waals surface area contributed by atoms with Crippen molar-refractivity contribution in [3.05, 3.63) is 35.9 Å². The summed E-state index contributed by atoms with van der Waals surface area (Å²) in [5.74, 6) is 0.0230. The molecule has 0 bridgehead atoms. The summed E-state index contributed by atoms with van der Waals surface area (Å²) in [5, 5.41) is 0. The van der Waals surface area contributed by atoms with Gasteiger partial charge in [0, 0.05) is 6.54 Å². The molecular formula is C14H22N2O. The summed E-state index contributed by atoms with van der Waals surface area (Å²) < 4.78 is 0. The minimum atomic E-state index is 0.0230. The molecular weight excluding hydrogens is 212 g/mol. The van der Waals surface area contributed by atoms with Crippen molar-refractivity contribution in [1.29, 1.82) is 0 Å². The van der Waals surface area contributed by atoms with Crippen LogP contribution >= 0.6 is 0 Å². The highest BCUT2D eigenvalue weighted by molar-refractivity contribution is 5.78. The smallest absolute Gasteiger partial charge is 0.236 e.